The number of carboxylic acids is 1. The summed E-state index contributed by atoms with van der Waals surface area (Å²) in [6.07, 6.45) is 13.8. The number of hydrogen-bond donors (Lipinski definition) is 2. The minimum Gasteiger partial charge on any atom is -0.478 e. The summed E-state index contributed by atoms with van der Waals surface area (Å²) in [7, 11) is 1.90. The number of hydrogen-bond acceptors (Lipinski definition) is 3. The van der Waals surface area contributed by atoms with Crippen molar-refractivity contribution in [3.8, 4) is 0 Å². The number of carboxylic acid groups (broad SMARTS) is 1. The van der Waals surface area contributed by atoms with E-state index in [0.29, 0.717) is 40.3 Å². The van der Waals surface area contributed by atoms with Crippen molar-refractivity contribution in [3.63, 3.8) is 0 Å². The molecular weight excluding hydrogens is 436 g/mol. The van der Waals surface area contributed by atoms with E-state index >= 15 is 0 Å². The van der Waals surface area contributed by atoms with Crippen molar-refractivity contribution in [2.24, 2.45) is 50.7 Å². The molecule has 5 rings (SSSR count). The van der Waals surface area contributed by atoms with E-state index in [1.54, 1.807) is 6.92 Å². The van der Waals surface area contributed by atoms with Gasteiger partial charge in [-0.25, -0.2) is 4.79 Å². The van der Waals surface area contributed by atoms with Gasteiger partial charge in [0.2, 0.25) is 0 Å². The lowest BCUT2D eigenvalue weighted by atomic mass is 9.41. The third kappa shape index (κ3) is 3.14. The molecule has 0 unspecified atom stereocenters. The van der Waals surface area contributed by atoms with Gasteiger partial charge in [0, 0.05) is 18.1 Å². The van der Waals surface area contributed by atoms with Gasteiger partial charge in [0.05, 0.1) is 12.2 Å². The van der Waals surface area contributed by atoms with Gasteiger partial charge in [-0.2, -0.15) is 0 Å². The minimum absolute atomic E-state index is 0.0201. The maximum atomic E-state index is 11.8. The molecule has 4 nitrogen and oxygen atoms in total. The molecule has 4 heteroatoms. The fraction of sp³-hybridized carbons (Fsp3) is 0.903. The summed E-state index contributed by atoms with van der Waals surface area (Å²) < 4.78 is 6.00. The van der Waals surface area contributed by atoms with Gasteiger partial charge in [0.15, 0.2) is 0 Å². The van der Waals surface area contributed by atoms with E-state index in [-0.39, 0.29) is 22.3 Å². The van der Waals surface area contributed by atoms with Gasteiger partial charge in [-0.3, -0.25) is 0 Å². The molecule has 198 valence electrons. The molecule has 0 aromatic rings. The molecule has 5 fully saturated rings. The molecule has 0 radical (unpaired) electrons. The molecule has 0 heterocycles. The van der Waals surface area contributed by atoms with Gasteiger partial charge < -0.3 is 14.9 Å². The molecule has 35 heavy (non-hydrogen) atoms. The van der Waals surface area contributed by atoms with E-state index in [4.69, 9.17) is 4.74 Å². The van der Waals surface area contributed by atoms with Crippen molar-refractivity contribution in [1.82, 2.24) is 0 Å². The first-order chi connectivity index (χ1) is 16.3. The largest absolute Gasteiger partial charge is 0.478 e. The average Bonchev–Trinajstić information content (AvgIpc) is 3.41. The first-order valence-electron chi connectivity index (χ1n) is 14.4. The molecule has 0 aromatic carbocycles. The lowest BCUT2D eigenvalue weighted by Crippen LogP contribution is -2.59. The van der Waals surface area contributed by atoms with E-state index in [2.05, 4.69) is 34.6 Å². The number of aliphatic hydroxyl groups is 1. The van der Waals surface area contributed by atoms with Crippen molar-refractivity contribution >= 4 is 5.97 Å². The van der Waals surface area contributed by atoms with E-state index in [0.717, 1.165) is 25.2 Å². The third-order valence-corrected chi connectivity index (χ3v) is 13.6. The van der Waals surface area contributed by atoms with Gasteiger partial charge in [-0.05, 0) is 116 Å². The number of aliphatic carboxylic acids is 1. The summed E-state index contributed by atoms with van der Waals surface area (Å²) in [4.78, 5) is 11.2. The van der Waals surface area contributed by atoms with Crippen molar-refractivity contribution in [3.05, 3.63) is 11.6 Å². The van der Waals surface area contributed by atoms with Gasteiger partial charge in [0.25, 0.3) is 0 Å². The Balaban J connectivity index is 1.40. The van der Waals surface area contributed by atoms with Crippen LogP contribution in [0.5, 0.6) is 0 Å². The molecule has 10 atom stereocenters. The zero-order valence-corrected chi connectivity index (χ0v) is 23.3. The van der Waals surface area contributed by atoms with Crippen LogP contribution in [0.15, 0.2) is 11.6 Å². The molecule has 0 aliphatic heterocycles. The Morgan fingerprint density at radius 1 is 1.06 bits per heavy atom. The Hall–Kier alpha value is -0.870. The summed E-state index contributed by atoms with van der Waals surface area (Å²) in [5, 5.41) is 21.0. The zero-order chi connectivity index (χ0) is 25.6. The van der Waals surface area contributed by atoms with Crippen LogP contribution in [0, 0.1) is 50.7 Å². The molecule has 5 aliphatic carbocycles. The van der Waals surface area contributed by atoms with E-state index < -0.39 is 5.97 Å². The van der Waals surface area contributed by atoms with Crippen LogP contribution >= 0.6 is 0 Å². The number of fused-ring (bicyclic) bond motifs is 2. The second kappa shape index (κ2) is 8.06. The molecule has 2 N–H and O–H groups in total. The summed E-state index contributed by atoms with van der Waals surface area (Å²) >= 11 is 0. The monoisotopic (exact) mass is 486 g/mol. The van der Waals surface area contributed by atoms with Gasteiger partial charge in [-0.1, -0.05) is 40.7 Å². The van der Waals surface area contributed by atoms with Gasteiger partial charge >= 0.3 is 5.97 Å². The number of aliphatic hydroxyl groups excluding tert-OH is 1. The highest BCUT2D eigenvalue weighted by Crippen LogP contribution is 2.89. The minimum atomic E-state index is -0.817. The van der Waals surface area contributed by atoms with Crippen LogP contribution in [0.4, 0.5) is 0 Å². The number of ether oxygens (including phenoxy) is 1. The molecular formula is C31H50O4. The second-order valence-electron chi connectivity index (χ2n) is 14.6. The Labute approximate surface area is 213 Å². The predicted molar refractivity (Wildman–Crippen MR) is 139 cm³/mol. The molecule has 5 aliphatic rings. The van der Waals surface area contributed by atoms with Gasteiger partial charge in [0.1, 0.15) is 0 Å². The summed E-state index contributed by atoms with van der Waals surface area (Å²) in [5.41, 5.74) is 1.72. The summed E-state index contributed by atoms with van der Waals surface area (Å²) in [5.74, 6) is 1.55. The summed E-state index contributed by atoms with van der Waals surface area (Å²) in [6, 6.07) is 0. The van der Waals surface area contributed by atoms with E-state index in [1.807, 2.05) is 13.2 Å². The number of methoxy groups -OCH3 is 1. The Morgan fingerprint density at radius 3 is 2.37 bits per heavy atom. The highest BCUT2D eigenvalue weighted by Gasteiger charge is 2.83. The smallest absolute Gasteiger partial charge is 0.330 e. The van der Waals surface area contributed by atoms with E-state index in [1.165, 1.54) is 44.9 Å². The molecule has 0 amide bonds. The standard InChI is InChI=1S/C31H50O4/c1-19(9-8-10-20(2)26(33)34)21-17-24(32)29(6)23-12-11-22-27(3,4)25(35-7)13-14-30(22)18-31(23,30)16-15-28(21,29)5/h10,19,21-25,32H,8-9,11-18H2,1-7H3,(H,33,34)/b20-10+/t19-,21-,22+,23+,24-,25-,28-,29-,30-,31+/m1/s1. The Bertz CT molecular complexity index is 908. The number of allylic oxidation sites excluding steroid dienone is 1. The molecule has 5 saturated carbocycles. The highest BCUT2D eigenvalue weighted by molar-refractivity contribution is 5.85. The first kappa shape index (κ1) is 25.8. The normalized spacial score (nSPS) is 51.0. The Morgan fingerprint density at radius 2 is 1.71 bits per heavy atom. The quantitative estimate of drug-likeness (QED) is 0.403. The molecule has 0 aromatic heterocycles. The van der Waals surface area contributed by atoms with Crippen LogP contribution in [-0.2, 0) is 9.53 Å². The lowest BCUT2D eigenvalue weighted by Gasteiger charge is -2.64. The first-order valence-corrected chi connectivity index (χ1v) is 14.4. The predicted octanol–water partition coefficient (Wildman–Crippen LogP) is 6.86. The van der Waals surface area contributed by atoms with Crippen molar-refractivity contribution < 1.29 is 19.7 Å². The van der Waals surface area contributed by atoms with Crippen LogP contribution in [0.3, 0.4) is 0 Å². The van der Waals surface area contributed by atoms with Crippen LogP contribution in [0.25, 0.3) is 0 Å². The maximum Gasteiger partial charge on any atom is 0.330 e. The highest BCUT2D eigenvalue weighted by atomic mass is 16.5. The maximum absolute atomic E-state index is 11.8. The lowest BCUT2D eigenvalue weighted by molar-refractivity contribution is -0.184. The van der Waals surface area contributed by atoms with Crippen LogP contribution in [0.1, 0.15) is 106 Å². The van der Waals surface area contributed by atoms with Gasteiger partial charge in [-0.15, -0.1) is 0 Å². The van der Waals surface area contributed by atoms with Crippen molar-refractivity contribution in [2.75, 3.05) is 7.11 Å². The zero-order valence-electron chi connectivity index (χ0n) is 23.3. The fourth-order valence-corrected chi connectivity index (χ4v) is 11.5. The van der Waals surface area contributed by atoms with Crippen LogP contribution in [-0.4, -0.2) is 35.5 Å². The van der Waals surface area contributed by atoms with Crippen molar-refractivity contribution in [2.45, 2.75) is 118 Å². The summed E-state index contributed by atoms with van der Waals surface area (Å²) in [6.45, 7) is 14.0. The van der Waals surface area contributed by atoms with E-state index in [9.17, 15) is 15.0 Å². The van der Waals surface area contributed by atoms with Crippen LogP contribution in [0.2, 0.25) is 0 Å². The Kier molecular flexibility index (Phi) is 5.94. The number of carbonyl (C=O) groups is 1. The van der Waals surface area contributed by atoms with Crippen molar-refractivity contribution in [1.29, 1.82) is 0 Å². The van der Waals surface area contributed by atoms with Crippen LogP contribution < -0.4 is 0 Å². The number of rotatable bonds is 6. The molecule has 2 spiro atoms. The third-order valence-electron chi connectivity index (χ3n) is 13.6. The fourth-order valence-electron chi connectivity index (χ4n) is 11.5. The topological polar surface area (TPSA) is 66.8 Å². The molecule has 0 saturated heterocycles. The average molecular weight is 487 g/mol. The second-order valence-corrected chi connectivity index (χ2v) is 14.6. The SMILES string of the molecule is CO[C@@H]1CC[C@]23C[C@]24CC[C@]2(C)[C@@H]([C@H](C)CC/C=C(\C)C(=O)O)C[C@@H](O)[C@@]2(C)[C@@H]4CC[C@H]3C1(C)C. The molecule has 0 bridgehead atoms.